The highest BCUT2D eigenvalue weighted by Crippen LogP contribution is 2.27. The maximum absolute atomic E-state index is 4.63. The standard InChI is InChI=1S/C13H18N2/c1-9-8-10(2)15-7-6-11(12(15)14-9)13(3,4)5/h6-8H,1-5H3. The molecule has 0 fully saturated rings. The van der Waals surface area contributed by atoms with Crippen LogP contribution in [0.15, 0.2) is 18.3 Å². The van der Waals surface area contributed by atoms with E-state index in [1.165, 1.54) is 11.3 Å². The van der Waals surface area contributed by atoms with Gasteiger partial charge in [-0.25, -0.2) is 4.98 Å². The van der Waals surface area contributed by atoms with Crippen LogP contribution in [0, 0.1) is 13.8 Å². The molecule has 0 aliphatic heterocycles. The third-order valence-electron chi connectivity index (χ3n) is 2.75. The molecule has 0 spiro atoms. The first-order valence-corrected chi connectivity index (χ1v) is 5.35. The molecule has 0 aliphatic rings. The molecule has 0 radical (unpaired) electrons. The summed E-state index contributed by atoms with van der Waals surface area (Å²) in [5, 5.41) is 0. The lowest BCUT2D eigenvalue weighted by Crippen LogP contribution is -2.11. The van der Waals surface area contributed by atoms with Gasteiger partial charge in [-0.1, -0.05) is 20.8 Å². The van der Waals surface area contributed by atoms with Crippen LogP contribution in [0.25, 0.3) is 5.65 Å². The average molecular weight is 202 g/mol. The quantitative estimate of drug-likeness (QED) is 0.641. The van der Waals surface area contributed by atoms with E-state index in [1.807, 2.05) is 6.92 Å². The highest BCUT2D eigenvalue weighted by atomic mass is 15.0. The fraction of sp³-hybridized carbons (Fsp3) is 0.462. The minimum Gasteiger partial charge on any atom is -0.306 e. The van der Waals surface area contributed by atoms with Gasteiger partial charge in [0.15, 0.2) is 0 Å². The van der Waals surface area contributed by atoms with Crippen LogP contribution in [-0.4, -0.2) is 9.38 Å². The van der Waals surface area contributed by atoms with Crippen molar-refractivity contribution in [3.8, 4) is 0 Å². The van der Waals surface area contributed by atoms with E-state index in [2.05, 4.69) is 55.4 Å². The first-order chi connectivity index (χ1) is 6.89. The molecule has 0 unspecified atom stereocenters. The third kappa shape index (κ3) is 1.65. The number of hydrogen-bond donors (Lipinski definition) is 0. The molecular formula is C13H18N2. The molecule has 2 aromatic rings. The summed E-state index contributed by atoms with van der Waals surface area (Å²) in [6.07, 6.45) is 2.11. The minimum atomic E-state index is 0.155. The SMILES string of the molecule is Cc1cc(C)n2ccc(C(C)(C)C)c2n1. The highest BCUT2D eigenvalue weighted by Gasteiger charge is 2.19. The second-order valence-corrected chi connectivity index (χ2v) is 5.21. The van der Waals surface area contributed by atoms with Crippen LogP contribution in [0.1, 0.15) is 37.7 Å². The smallest absolute Gasteiger partial charge is 0.140 e. The van der Waals surface area contributed by atoms with Crippen molar-refractivity contribution in [3.05, 3.63) is 35.3 Å². The van der Waals surface area contributed by atoms with E-state index in [0.29, 0.717) is 0 Å². The van der Waals surface area contributed by atoms with Crippen LogP contribution in [0.3, 0.4) is 0 Å². The average Bonchev–Trinajstić information content (AvgIpc) is 2.45. The Hall–Kier alpha value is -1.31. The molecule has 0 bridgehead atoms. The van der Waals surface area contributed by atoms with Gasteiger partial charge in [0.1, 0.15) is 5.65 Å². The van der Waals surface area contributed by atoms with Gasteiger partial charge in [-0.15, -0.1) is 0 Å². The van der Waals surface area contributed by atoms with Gasteiger partial charge in [0, 0.05) is 23.1 Å². The van der Waals surface area contributed by atoms with Crippen LogP contribution < -0.4 is 0 Å². The van der Waals surface area contributed by atoms with Crippen LogP contribution in [0.5, 0.6) is 0 Å². The van der Waals surface area contributed by atoms with Gasteiger partial charge in [-0.3, -0.25) is 0 Å². The molecule has 2 heteroatoms. The molecule has 2 heterocycles. The highest BCUT2D eigenvalue weighted by molar-refractivity contribution is 5.53. The van der Waals surface area contributed by atoms with E-state index in [4.69, 9.17) is 0 Å². The van der Waals surface area contributed by atoms with Crippen LogP contribution in [-0.2, 0) is 5.41 Å². The van der Waals surface area contributed by atoms with Gasteiger partial charge in [0.25, 0.3) is 0 Å². The van der Waals surface area contributed by atoms with Crippen molar-refractivity contribution in [2.24, 2.45) is 0 Å². The normalized spacial score (nSPS) is 12.3. The Bertz CT molecular complexity index is 501. The van der Waals surface area contributed by atoms with E-state index >= 15 is 0 Å². The molecule has 15 heavy (non-hydrogen) atoms. The van der Waals surface area contributed by atoms with Crippen LogP contribution in [0.2, 0.25) is 0 Å². The van der Waals surface area contributed by atoms with Crippen LogP contribution >= 0.6 is 0 Å². The molecule has 0 amide bonds. The van der Waals surface area contributed by atoms with E-state index in [-0.39, 0.29) is 5.41 Å². The summed E-state index contributed by atoms with van der Waals surface area (Å²) in [7, 11) is 0. The molecule has 2 rings (SSSR count). The summed E-state index contributed by atoms with van der Waals surface area (Å²) < 4.78 is 2.16. The van der Waals surface area contributed by atoms with Gasteiger partial charge in [-0.2, -0.15) is 0 Å². The maximum atomic E-state index is 4.63. The van der Waals surface area contributed by atoms with Crippen LogP contribution in [0.4, 0.5) is 0 Å². The Kier molecular flexibility index (Phi) is 2.10. The zero-order valence-electron chi connectivity index (χ0n) is 10.1. The number of nitrogens with zero attached hydrogens (tertiary/aromatic N) is 2. The summed E-state index contributed by atoms with van der Waals surface area (Å²) >= 11 is 0. The molecule has 0 aromatic carbocycles. The van der Waals surface area contributed by atoms with Gasteiger partial charge in [0.2, 0.25) is 0 Å². The second-order valence-electron chi connectivity index (χ2n) is 5.21. The molecule has 2 nitrogen and oxygen atoms in total. The Balaban J connectivity index is 2.80. The molecule has 0 saturated carbocycles. The first kappa shape index (κ1) is 10.2. The Morgan fingerprint density at radius 3 is 2.47 bits per heavy atom. The number of rotatable bonds is 0. The summed E-state index contributed by atoms with van der Waals surface area (Å²) in [5.74, 6) is 0. The number of aromatic nitrogens is 2. The van der Waals surface area contributed by atoms with Crippen molar-refractivity contribution in [3.63, 3.8) is 0 Å². The van der Waals surface area contributed by atoms with Crippen molar-refractivity contribution in [1.29, 1.82) is 0 Å². The lowest BCUT2D eigenvalue weighted by Gasteiger charge is -2.17. The molecule has 0 saturated heterocycles. The Morgan fingerprint density at radius 1 is 1.20 bits per heavy atom. The van der Waals surface area contributed by atoms with Crippen molar-refractivity contribution < 1.29 is 0 Å². The maximum Gasteiger partial charge on any atom is 0.140 e. The van der Waals surface area contributed by atoms with E-state index < -0.39 is 0 Å². The van der Waals surface area contributed by atoms with Gasteiger partial charge in [-0.05, 0) is 31.4 Å². The summed E-state index contributed by atoms with van der Waals surface area (Å²) in [4.78, 5) is 4.63. The summed E-state index contributed by atoms with van der Waals surface area (Å²) in [6.45, 7) is 10.8. The monoisotopic (exact) mass is 202 g/mol. The molecular weight excluding hydrogens is 184 g/mol. The fourth-order valence-corrected chi connectivity index (χ4v) is 1.98. The Morgan fingerprint density at radius 2 is 1.87 bits per heavy atom. The van der Waals surface area contributed by atoms with Crippen molar-refractivity contribution >= 4 is 5.65 Å². The largest absolute Gasteiger partial charge is 0.306 e. The zero-order chi connectivity index (χ0) is 11.2. The van der Waals surface area contributed by atoms with E-state index in [1.54, 1.807) is 0 Å². The van der Waals surface area contributed by atoms with Gasteiger partial charge < -0.3 is 4.40 Å². The van der Waals surface area contributed by atoms with E-state index in [0.717, 1.165) is 11.3 Å². The number of fused-ring (bicyclic) bond motifs is 1. The number of hydrogen-bond acceptors (Lipinski definition) is 1. The predicted molar refractivity (Wildman–Crippen MR) is 63.4 cm³/mol. The summed E-state index contributed by atoms with van der Waals surface area (Å²) in [5.41, 5.74) is 4.90. The van der Waals surface area contributed by atoms with Gasteiger partial charge >= 0.3 is 0 Å². The topological polar surface area (TPSA) is 17.3 Å². The molecule has 0 N–H and O–H groups in total. The molecule has 0 atom stereocenters. The lowest BCUT2D eigenvalue weighted by atomic mass is 9.89. The van der Waals surface area contributed by atoms with E-state index in [9.17, 15) is 0 Å². The fourth-order valence-electron chi connectivity index (χ4n) is 1.98. The minimum absolute atomic E-state index is 0.155. The zero-order valence-corrected chi connectivity index (χ0v) is 10.1. The van der Waals surface area contributed by atoms with Gasteiger partial charge in [0.05, 0.1) is 0 Å². The molecule has 80 valence electrons. The Labute approximate surface area is 91.0 Å². The van der Waals surface area contributed by atoms with Crippen molar-refractivity contribution in [1.82, 2.24) is 9.38 Å². The predicted octanol–water partition coefficient (Wildman–Crippen LogP) is 3.25. The first-order valence-electron chi connectivity index (χ1n) is 5.35. The number of aryl methyl sites for hydroxylation is 2. The van der Waals surface area contributed by atoms with Crippen molar-refractivity contribution in [2.45, 2.75) is 40.0 Å². The molecule has 0 aliphatic carbocycles. The summed E-state index contributed by atoms with van der Waals surface area (Å²) in [6, 6.07) is 4.29. The van der Waals surface area contributed by atoms with Crippen molar-refractivity contribution in [2.75, 3.05) is 0 Å². The lowest BCUT2D eigenvalue weighted by molar-refractivity contribution is 0.594. The third-order valence-corrected chi connectivity index (χ3v) is 2.75. The molecule has 2 aromatic heterocycles. The second kappa shape index (κ2) is 3.09.